The van der Waals surface area contributed by atoms with Crippen molar-refractivity contribution in [3.63, 3.8) is 0 Å². The van der Waals surface area contributed by atoms with Crippen molar-refractivity contribution in [3.8, 4) is 0 Å². The van der Waals surface area contributed by atoms with E-state index in [-0.39, 0.29) is 19.1 Å². The Morgan fingerprint density at radius 3 is 1.31 bits per heavy atom. The Morgan fingerprint density at radius 2 is 0.896 bits per heavy atom. The minimum absolute atomic E-state index is 0.0559. The van der Waals surface area contributed by atoms with E-state index in [1.54, 1.807) is 6.08 Å². The molecule has 0 rings (SSSR count). The summed E-state index contributed by atoms with van der Waals surface area (Å²) in [6, 6.07) is -0.857. The minimum atomic E-state index is -4.35. The van der Waals surface area contributed by atoms with E-state index in [1.165, 1.54) is 122 Å². The monoisotopic (exact) mass is 958 g/mol. The lowest BCUT2D eigenvalue weighted by Crippen LogP contribution is -2.45. The first kappa shape index (κ1) is 64.7. The molecule has 0 aromatic rings. The SMILES string of the molecule is CC/C=C\C/C=C\C/C=C\C/C=C\C/C=C\C/C=C\CCCCCCCCCCC(=O)NC(COP(=O)(O)OCC[N+](C)(C)C)C(O)/C=C/CCCCCCCCCCCCCCCCCC. The molecule has 8 nitrogen and oxygen atoms in total. The fourth-order valence-electron chi connectivity index (χ4n) is 7.57. The number of unbranched alkanes of at least 4 members (excludes halogenated alkanes) is 24. The third-order valence-electron chi connectivity index (χ3n) is 11.9. The molecule has 0 heterocycles. The number of amides is 1. The average Bonchev–Trinajstić information content (AvgIpc) is 3.29. The quantitative estimate of drug-likeness (QED) is 0.0243. The zero-order chi connectivity index (χ0) is 49.2. The molecule has 3 N–H and O–H groups in total. The van der Waals surface area contributed by atoms with Gasteiger partial charge in [0.25, 0.3) is 0 Å². The molecule has 0 fully saturated rings. The van der Waals surface area contributed by atoms with Gasteiger partial charge in [-0.2, -0.15) is 0 Å². The number of aliphatic hydroxyl groups excluding tert-OH is 1. The Bertz CT molecular complexity index is 1360. The molecule has 0 aliphatic rings. The van der Waals surface area contributed by atoms with E-state index in [0.29, 0.717) is 17.4 Å². The molecule has 1 amide bonds. The molecule has 0 aliphatic carbocycles. The second kappa shape index (κ2) is 48.7. The molecular weight excluding hydrogens is 852 g/mol. The van der Waals surface area contributed by atoms with Crippen molar-refractivity contribution in [2.24, 2.45) is 0 Å². The average molecular weight is 958 g/mol. The molecule has 0 spiro atoms. The van der Waals surface area contributed by atoms with Gasteiger partial charge in [-0.3, -0.25) is 13.8 Å². The van der Waals surface area contributed by atoms with Crippen molar-refractivity contribution in [1.82, 2.24) is 5.32 Å². The van der Waals surface area contributed by atoms with Crippen LogP contribution >= 0.6 is 7.82 Å². The molecular formula is C58H106N2O6P+. The summed E-state index contributed by atoms with van der Waals surface area (Å²) in [5.41, 5.74) is 0. The number of rotatable bonds is 49. The molecule has 0 aromatic carbocycles. The summed E-state index contributed by atoms with van der Waals surface area (Å²) in [6.07, 6.45) is 68.1. The van der Waals surface area contributed by atoms with Gasteiger partial charge in [-0.1, -0.05) is 234 Å². The second-order valence-electron chi connectivity index (χ2n) is 19.6. The van der Waals surface area contributed by atoms with Gasteiger partial charge in [-0.05, 0) is 70.6 Å². The van der Waals surface area contributed by atoms with E-state index in [2.05, 4.69) is 92.1 Å². The van der Waals surface area contributed by atoms with Crippen molar-refractivity contribution in [2.45, 2.75) is 238 Å². The van der Waals surface area contributed by atoms with E-state index in [4.69, 9.17) is 9.05 Å². The van der Waals surface area contributed by atoms with Gasteiger partial charge in [0, 0.05) is 6.42 Å². The van der Waals surface area contributed by atoms with Crippen LogP contribution in [-0.4, -0.2) is 73.4 Å². The summed E-state index contributed by atoms with van der Waals surface area (Å²) in [7, 11) is 1.56. The molecule has 9 heteroatoms. The number of phosphoric ester groups is 1. The summed E-state index contributed by atoms with van der Waals surface area (Å²) < 4.78 is 23.7. The molecule has 0 saturated heterocycles. The lowest BCUT2D eigenvalue weighted by molar-refractivity contribution is -0.870. The number of nitrogens with one attached hydrogen (secondary N) is 1. The van der Waals surface area contributed by atoms with Crippen LogP contribution in [-0.2, 0) is 18.4 Å². The Labute approximate surface area is 414 Å². The van der Waals surface area contributed by atoms with Crippen LogP contribution in [0.15, 0.2) is 85.1 Å². The Morgan fingerprint density at radius 1 is 0.522 bits per heavy atom. The lowest BCUT2D eigenvalue weighted by atomic mass is 10.0. The summed E-state index contributed by atoms with van der Waals surface area (Å²) in [5, 5.41) is 13.9. The highest BCUT2D eigenvalue weighted by molar-refractivity contribution is 7.47. The van der Waals surface area contributed by atoms with E-state index < -0.39 is 20.0 Å². The predicted molar refractivity (Wildman–Crippen MR) is 290 cm³/mol. The summed E-state index contributed by atoms with van der Waals surface area (Å²) in [4.78, 5) is 23.3. The van der Waals surface area contributed by atoms with Crippen LogP contribution in [0.4, 0.5) is 0 Å². The van der Waals surface area contributed by atoms with Crippen LogP contribution in [0.1, 0.15) is 226 Å². The highest BCUT2D eigenvalue weighted by atomic mass is 31.2. The van der Waals surface area contributed by atoms with Crippen LogP contribution in [0.2, 0.25) is 0 Å². The van der Waals surface area contributed by atoms with E-state index in [0.717, 1.165) is 83.5 Å². The number of allylic oxidation sites excluding steroid dienone is 13. The van der Waals surface area contributed by atoms with Crippen molar-refractivity contribution in [3.05, 3.63) is 85.1 Å². The molecule has 388 valence electrons. The number of hydrogen-bond donors (Lipinski definition) is 3. The van der Waals surface area contributed by atoms with Crippen LogP contribution in [0.5, 0.6) is 0 Å². The standard InChI is InChI=1S/C58H105N2O6P/c1-6-8-10-12-14-16-18-20-22-24-26-27-28-29-30-31-32-33-34-36-38-40-42-44-46-48-50-52-58(62)59-56(55-66-67(63,64)65-54-53-60(3,4)5)57(61)51-49-47-45-43-41-39-37-35-25-23-21-19-17-15-13-11-9-7-2/h8,10,14,16,20,22,26-27,29-30,32-33,49,51,56-57,61H,6-7,9,11-13,15,17-19,21,23-25,28,31,34-48,50,52-55H2,1-5H3,(H-,59,62,63,64)/p+1/b10-8-,16-14-,22-20-,27-26-,30-29-,33-32-,51-49+. The molecule has 3 unspecified atom stereocenters. The third kappa shape index (κ3) is 51.4. The van der Waals surface area contributed by atoms with Crippen molar-refractivity contribution < 1.29 is 32.9 Å². The van der Waals surface area contributed by atoms with Crippen molar-refractivity contribution in [1.29, 1.82) is 0 Å². The van der Waals surface area contributed by atoms with Gasteiger partial charge in [0.2, 0.25) is 5.91 Å². The Hall–Kier alpha value is -2.32. The van der Waals surface area contributed by atoms with Crippen LogP contribution in [0, 0.1) is 0 Å². The summed E-state index contributed by atoms with van der Waals surface area (Å²) in [5.74, 6) is -0.188. The third-order valence-corrected chi connectivity index (χ3v) is 12.9. The summed E-state index contributed by atoms with van der Waals surface area (Å²) >= 11 is 0. The van der Waals surface area contributed by atoms with Gasteiger partial charge < -0.3 is 19.8 Å². The topological polar surface area (TPSA) is 105 Å². The van der Waals surface area contributed by atoms with Gasteiger partial charge >= 0.3 is 7.82 Å². The molecule has 3 atom stereocenters. The van der Waals surface area contributed by atoms with Crippen LogP contribution in [0.3, 0.4) is 0 Å². The van der Waals surface area contributed by atoms with E-state index in [1.807, 2.05) is 27.2 Å². The van der Waals surface area contributed by atoms with Gasteiger partial charge in [-0.15, -0.1) is 0 Å². The fraction of sp³-hybridized carbons (Fsp3) is 0.741. The number of likely N-dealkylation sites (N-methyl/N-ethyl adjacent to an activating group) is 1. The smallest absolute Gasteiger partial charge is 0.387 e. The van der Waals surface area contributed by atoms with Crippen molar-refractivity contribution in [2.75, 3.05) is 40.9 Å². The molecule has 0 aromatic heterocycles. The maximum absolute atomic E-state index is 13.0. The van der Waals surface area contributed by atoms with Gasteiger partial charge in [-0.25, -0.2) is 4.57 Å². The number of quaternary nitrogens is 1. The maximum Gasteiger partial charge on any atom is 0.472 e. The molecule has 0 aliphatic heterocycles. The number of aliphatic hydroxyl groups is 1. The molecule has 0 radical (unpaired) electrons. The fourth-order valence-corrected chi connectivity index (χ4v) is 8.31. The van der Waals surface area contributed by atoms with Crippen LogP contribution < -0.4 is 5.32 Å². The second-order valence-corrected chi connectivity index (χ2v) is 21.0. The Balaban J connectivity index is 4.29. The zero-order valence-electron chi connectivity index (χ0n) is 44.1. The molecule has 0 bridgehead atoms. The molecule has 0 saturated carbocycles. The highest BCUT2D eigenvalue weighted by Gasteiger charge is 2.27. The van der Waals surface area contributed by atoms with E-state index in [9.17, 15) is 19.4 Å². The zero-order valence-corrected chi connectivity index (χ0v) is 45.0. The lowest BCUT2D eigenvalue weighted by Gasteiger charge is -2.25. The van der Waals surface area contributed by atoms with Gasteiger partial charge in [0.15, 0.2) is 0 Å². The first-order valence-corrected chi connectivity index (χ1v) is 29.0. The number of phosphoric acid groups is 1. The van der Waals surface area contributed by atoms with Crippen molar-refractivity contribution >= 4 is 13.7 Å². The number of carbonyl (C=O) groups excluding carboxylic acids is 1. The Kier molecular flexibility index (Phi) is 47.0. The van der Waals surface area contributed by atoms with Crippen LogP contribution in [0.25, 0.3) is 0 Å². The number of carbonyl (C=O) groups is 1. The molecule has 67 heavy (non-hydrogen) atoms. The normalized spacial score (nSPS) is 14.7. The summed E-state index contributed by atoms with van der Waals surface area (Å²) in [6.45, 7) is 4.70. The maximum atomic E-state index is 13.0. The number of nitrogens with zero attached hydrogens (tertiary/aromatic N) is 1. The predicted octanol–water partition coefficient (Wildman–Crippen LogP) is 16.5. The first-order valence-electron chi connectivity index (χ1n) is 27.5. The van der Waals surface area contributed by atoms with Gasteiger partial charge in [0.1, 0.15) is 13.2 Å². The number of hydrogen-bond acceptors (Lipinski definition) is 5. The largest absolute Gasteiger partial charge is 0.472 e. The van der Waals surface area contributed by atoms with Gasteiger partial charge in [0.05, 0.1) is 39.9 Å². The minimum Gasteiger partial charge on any atom is -0.387 e. The highest BCUT2D eigenvalue weighted by Crippen LogP contribution is 2.43. The first-order chi connectivity index (χ1) is 32.5. The van der Waals surface area contributed by atoms with E-state index >= 15 is 0 Å².